The van der Waals surface area contributed by atoms with E-state index in [1.54, 1.807) is 17.8 Å². The van der Waals surface area contributed by atoms with Gasteiger partial charge in [-0.05, 0) is 0 Å². The number of ether oxygens (including phenoxy) is 1. The molecule has 1 aliphatic heterocycles. The lowest BCUT2D eigenvalue weighted by atomic mass is 10.2. The molecule has 1 fully saturated rings. The summed E-state index contributed by atoms with van der Waals surface area (Å²) >= 11 is 1.60. The van der Waals surface area contributed by atoms with E-state index in [0.29, 0.717) is 6.42 Å². The molecule has 1 amide bonds. The highest BCUT2D eigenvalue weighted by atomic mass is 32.2. The van der Waals surface area contributed by atoms with Gasteiger partial charge in [-0.3, -0.25) is 9.59 Å². The smallest absolute Gasteiger partial charge is 0.325 e. The van der Waals surface area contributed by atoms with Gasteiger partial charge in [0.15, 0.2) is 0 Å². The summed E-state index contributed by atoms with van der Waals surface area (Å²) in [4.78, 5) is 24.1. The maximum Gasteiger partial charge on any atom is 0.325 e. The topological polar surface area (TPSA) is 46.6 Å². The molecule has 0 aromatic rings. The number of nitrogens with zero attached hydrogens (tertiary/aromatic N) is 1. The van der Waals surface area contributed by atoms with Gasteiger partial charge in [-0.2, -0.15) is 0 Å². The van der Waals surface area contributed by atoms with E-state index in [0.717, 1.165) is 5.75 Å². The standard InChI is InChI=1S/C11H15NO3S/c1-3-5-15-11(14)8-12-9(13)7-10(12)16-6-4-2/h3-4,10H,1-2,5-8H2. The molecule has 1 saturated heterocycles. The summed E-state index contributed by atoms with van der Waals surface area (Å²) in [6.45, 7) is 7.27. The molecular formula is C11H15NO3S. The first kappa shape index (κ1) is 12.8. The van der Waals surface area contributed by atoms with E-state index in [-0.39, 0.29) is 24.4 Å². The lowest BCUT2D eigenvalue weighted by molar-refractivity contribution is -0.154. The molecule has 5 heteroatoms. The number of rotatable bonds is 7. The normalized spacial score (nSPS) is 18.9. The number of carbonyl (C=O) groups is 2. The van der Waals surface area contributed by atoms with Gasteiger partial charge in [-0.15, -0.1) is 18.3 Å². The Kier molecular flexibility index (Phi) is 5.11. The number of β-lactam (4-membered cyclic amide) rings is 1. The third kappa shape index (κ3) is 3.41. The van der Waals surface area contributed by atoms with E-state index in [1.807, 2.05) is 0 Å². The molecule has 16 heavy (non-hydrogen) atoms. The van der Waals surface area contributed by atoms with Crippen molar-refractivity contribution in [2.45, 2.75) is 11.8 Å². The number of hydrogen-bond donors (Lipinski definition) is 0. The minimum absolute atomic E-state index is 0.00267. The van der Waals surface area contributed by atoms with Crippen LogP contribution < -0.4 is 0 Å². The van der Waals surface area contributed by atoms with E-state index in [1.165, 1.54) is 11.0 Å². The Labute approximate surface area is 99.3 Å². The van der Waals surface area contributed by atoms with E-state index >= 15 is 0 Å². The summed E-state index contributed by atoms with van der Waals surface area (Å²) in [5.74, 6) is 0.380. The minimum Gasteiger partial charge on any atom is -0.460 e. The summed E-state index contributed by atoms with van der Waals surface area (Å²) in [6.07, 6.45) is 3.77. The van der Waals surface area contributed by atoms with Crippen LogP contribution in [0.15, 0.2) is 25.3 Å². The summed E-state index contributed by atoms with van der Waals surface area (Å²) in [7, 11) is 0. The van der Waals surface area contributed by atoms with Gasteiger partial charge in [0, 0.05) is 5.75 Å². The quantitative estimate of drug-likeness (QED) is 0.381. The molecule has 1 heterocycles. The van der Waals surface area contributed by atoms with Crippen molar-refractivity contribution in [2.75, 3.05) is 18.9 Å². The molecular weight excluding hydrogens is 226 g/mol. The second kappa shape index (κ2) is 6.37. The van der Waals surface area contributed by atoms with E-state index < -0.39 is 5.97 Å². The van der Waals surface area contributed by atoms with Crippen molar-refractivity contribution < 1.29 is 14.3 Å². The largest absolute Gasteiger partial charge is 0.460 e. The van der Waals surface area contributed by atoms with Crippen molar-refractivity contribution in [1.82, 2.24) is 4.90 Å². The first-order valence-electron chi connectivity index (χ1n) is 4.97. The third-order valence-electron chi connectivity index (χ3n) is 2.09. The van der Waals surface area contributed by atoms with Gasteiger partial charge in [0.2, 0.25) is 5.91 Å². The number of hydrogen-bond acceptors (Lipinski definition) is 4. The average Bonchev–Trinajstić information content (AvgIpc) is 2.28. The minimum atomic E-state index is -0.392. The molecule has 0 bridgehead atoms. The summed E-state index contributed by atoms with van der Waals surface area (Å²) in [5, 5.41) is 0.0850. The van der Waals surface area contributed by atoms with Crippen molar-refractivity contribution in [1.29, 1.82) is 0 Å². The Morgan fingerprint density at radius 1 is 1.56 bits per heavy atom. The van der Waals surface area contributed by atoms with Crippen LogP contribution in [-0.4, -0.2) is 41.1 Å². The Bertz CT molecular complexity index is 304. The average molecular weight is 241 g/mol. The van der Waals surface area contributed by atoms with Crippen LogP contribution in [0.5, 0.6) is 0 Å². The molecule has 88 valence electrons. The van der Waals surface area contributed by atoms with Gasteiger partial charge in [-0.1, -0.05) is 18.7 Å². The van der Waals surface area contributed by atoms with Crippen molar-refractivity contribution >= 4 is 23.6 Å². The lowest BCUT2D eigenvalue weighted by Crippen LogP contribution is -2.53. The number of amides is 1. The van der Waals surface area contributed by atoms with Crippen molar-refractivity contribution in [3.8, 4) is 0 Å². The Morgan fingerprint density at radius 2 is 2.31 bits per heavy atom. The molecule has 0 aliphatic carbocycles. The maximum absolute atomic E-state index is 11.3. The zero-order valence-electron chi connectivity index (χ0n) is 9.05. The molecule has 0 saturated carbocycles. The molecule has 0 radical (unpaired) electrons. The number of carbonyl (C=O) groups excluding carboxylic acids is 2. The summed E-state index contributed by atoms with van der Waals surface area (Å²) in [6, 6.07) is 0. The highest BCUT2D eigenvalue weighted by molar-refractivity contribution is 8.00. The van der Waals surface area contributed by atoms with Crippen LogP contribution in [0.25, 0.3) is 0 Å². The molecule has 1 rings (SSSR count). The van der Waals surface area contributed by atoms with Crippen LogP contribution in [0.2, 0.25) is 0 Å². The summed E-state index contributed by atoms with van der Waals surface area (Å²) in [5.41, 5.74) is 0. The fourth-order valence-electron chi connectivity index (χ4n) is 1.28. The second-order valence-electron chi connectivity index (χ2n) is 3.27. The van der Waals surface area contributed by atoms with Gasteiger partial charge < -0.3 is 9.64 Å². The van der Waals surface area contributed by atoms with Gasteiger partial charge in [0.25, 0.3) is 0 Å². The first-order valence-corrected chi connectivity index (χ1v) is 6.02. The lowest BCUT2D eigenvalue weighted by Gasteiger charge is -2.38. The second-order valence-corrected chi connectivity index (χ2v) is 4.48. The van der Waals surface area contributed by atoms with E-state index in [4.69, 9.17) is 4.74 Å². The molecule has 0 aromatic carbocycles. The highest BCUT2D eigenvalue weighted by Crippen LogP contribution is 2.29. The van der Waals surface area contributed by atoms with Gasteiger partial charge in [0.1, 0.15) is 13.2 Å². The van der Waals surface area contributed by atoms with Crippen molar-refractivity contribution in [3.05, 3.63) is 25.3 Å². The van der Waals surface area contributed by atoms with Crippen LogP contribution in [0.1, 0.15) is 6.42 Å². The zero-order valence-corrected chi connectivity index (χ0v) is 9.87. The van der Waals surface area contributed by atoms with Gasteiger partial charge in [0.05, 0.1) is 11.8 Å². The molecule has 1 atom stereocenters. The van der Waals surface area contributed by atoms with Crippen molar-refractivity contribution in [2.24, 2.45) is 0 Å². The van der Waals surface area contributed by atoms with Crippen LogP contribution in [0.3, 0.4) is 0 Å². The predicted molar refractivity (Wildman–Crippen MR) is 63.9 cm³/mol. The fourth-order valence-corrected chi connectivity index (χ4v) is 2.27. The van der Waals surface area contributed by atoms with Gasteiger partial charge in [-0.25, -0.2) is 0 Å². The summed E-state index contributed by atoms with van der Waals surface area (Å²) < 4.78 is 4.82. The maximum atomic E-state index is 11.3. The van der Waals surface area contributed by atoms with E-state index in [9.17, 15) is 9.59 Å². The van der Waals surface area contributed by atoms with Crippen molar-refractivity contribution in [3.63, 3.8) is 0 Å². The molecule has 1 aliphatic rings. The van der Waals surface area contributed by atoms with Crippen LogP contribution in [0.4, 0.5) is 0 Å². The van der Waals surface area contributed by atoms with E-state index in [2.05, 4.69) is 13.2 Å². The first-order chi connectivity index (χ1) is 7.69. The third-order valence-corrected chi connectivity index (χ3v) is 3.32. The van der Waals surface area contributed by atoms with Crippen LogP contribution >= 0.6 is 11.8 Å². The van der Waals surface area contributed by atoms with Crippen LogP contribution in [0, 0.1) is 0 Å². The Balaban J connectivity index is 2.33. The Hall–Kier alpha value is -1.23. The number of thioether (sulfide) groups is 1. The molecule has 4 nitrogen and oxygen atoms in total. The van der Waals surface area contributed by atoms with Crippen LogP contribution in [-0.2, 0) is 14.3 Å². The zero-order chi connectivity index (χ0) is 12.0. The molecule has 0 aromatic heterocycles. The predicted octanol–water partition coefficient (Wildman–Crippen LogP) is 1.19. The fraction of sp³-hybridized carbons (Fsp3) is 0.455. The molecule has 0 N–H and O–H groups in total. The molecule has 1 unspecified atom stereocenters. The SMILES string of the molecule is C=CCOC(=O)CN1C(=O)CC1SCC=C. The number of likely N-dealkylation sites (tertiary alicyclic amines) is 1. The highest BCUT2D eigenvalue weighted by Gasteiger charge is 2.37. The number of esters is 1. The molecule has 0 spiro atoms. The van der Waals surface area contributed by atoms with Gasteiger partial charge >= 0.3 is 5.97 Å². The monoisotopic (exact) mass is 241 g/mol. The Morgan fingerprint density at radius 3 is 2.88 bits per heavy atom.